The third-order valence-corrected chi connectivity index (χ3v) is 3.63. The topological polar surface area (TPSA) is 48.4 Å². The fourth-order valence-corrected chi connectivity index (χ4v) is 2.65. The van der Waals surface area contributed by atoms with Crippen LogP contribution in [-0.2, 0) is 12.8 Å². The highest BCUT2D eigenvalue weighted by molar-refractivity contribution is 5.38. The van der Waals surface area contributed by atoms with Gasteiger partial charge in [0.25, 0.3) is 0 Å². The highest BCUT2D eigenvalue weighted by Gasteiger charge is 2.21. The van der Waals surface area contributed by atoms with Crippen molar-refractivity contribution in [3.8, 4) is 5.75 Å². The van der Waals surface area contributed by atoms with Gasteiger partial charge in [-0.3, -0.25) is 0 Å². The Morgan fingerprint density at radius 1 is 1.21 bits per heavy atom. The van der Waals surface area contributed by atoms with Crippen LogP contribution in [0.15, 0.2) is 41.0 Å². The fraction of sp³-hybridized carbons (Fsp3) is 0.375. The SMILES string of the molecule is CC(N)C(Oc1ccc2c(c1)CCC2)c1ccco1. The Hall–Kier alpha value is -1.74. The Kier molecular flexibility index (Phi) is 3.30. The van der Waals surface area contributed by atoms with E-state index in [0.29, 0.717) is 0 Å². The Bertz CT molecular complexity index is 546. The molecule has 1 aromatic heterocycles. The minimum Gasteiger partial charge on any atom is -0.481 e. The van der Waals surface area contributed by atoms with Gasteiger partial charge < -0.3 is 14.9 Å². The number of hydrogen-bond donors (Lipinski definition) is 1. The van der Waals surface area contributed by atoms with Gasteiger partial charge in [0.15, 0.2) is 6.10 Å². The van der Waals surface area contributed by atoms with Crippen molar-refractivity contribution >= 4 is 0 Å². The highest BCUT2D eigenvalue weighted by Crippen LogP contribution is 2.29. The lowest BCUT2D eigenvalue weighted by Gasteiger charge is -2.21. The minimum atomic E-state index is -0.241. The molecule has 2 aromatic rings. The van der Waals surface area contributed by atoms with Gasteiger partial charge in [-0.25, -0.2) is 0 Å². The summed E-state index contributed by atoms with van der Waals surface area (Å²) >= 11 is 0. The van der Waals surface area contributed by atoms with Crippen molar-refractivity contribution in [2.45, 2.75) is 38.3 Å². The number of furan rings is 1. The van der Waals surface area contributed by atoms with E-state index in [1.54, 1.807) is 6.26 Å². The van der Waals surface area contributed by atoms with Gasteiger partial charge in [-0.15, -0.1) is 0 Å². The third kappa shape index (κ3) is 2.51. The quantitative estimate of drug-likeness (QED) is 0.914. The van der Waals surface area contributed by atoms with Gasteiger partial charge in [0.2, 0.25) is 0 Å². The molecule has 0 bridgehead atoms. The van der Waals surface area contributed by atoms with E-state index in [2.05, 4.69) is 12.1 Å². The Labute approximate surface area is 113 Å². The van der Waals surface area contributed by atoms with Crippen LogP contribution in [0.1, 0.15) is 36.3 Å². The van der Waals surface area contributed by atoms with Crippen molar-refractivity contribution in [3.05, 3.63) is 53.5 Å². The van der Waals surface area contributed by atoms with E-state index >= 15 is 0 Å². The number of rotatable bonds is 4. The van der Waals surface area contributed by atoms with E-state index in [9.17, 15) is 0 Å². The van der Waals surface area contributed by atoms with Crippen LogP contribution in [0.2, 0.25) is 0 Å². The van der Waals surface area contributed by atoms with Crippen LogP contribution in [-0.4, -0.2) is 6.04 Å². The molecule has 3 nitrogen and oxygen atoms in total. The summed E-state index contributed by atoms with van der Waals surface area (Å²) < 4.78 is 11.4. The molecule has 0 spiro atoms. The van der Waals surface area contributed by atoms with Gasteiger partial charge in [-0.05, 0) is 61.6 Å². The van der Waals surface area contributed by atoms with Gasteiger partial charge in [0.05, 0.1) is 6.26 Å². The number of hydrogen-bond acceptors (Lipinski definition) is 3. The van der Waals surface area contributed by atoms with Crippen molar-refractivity contribution in [1.82, 2.24) is 0 Å². The van der Waals surface area contributed by atoms with Crippen molar-refractivity contribution in [2.75, 3.05) is 0 Å². The Morgan fingerprint density at radius 2 is 2.05 bits per heavy atom. The van der Waals surface area contributed by atoms with Crippen molar-refractivity contribution in [2.24, 2.45) is 5.73 Å². The van der Waals surface area contributed by atoms with Crippen molar-refractivity contribution in [1.29, 1.82) is 0 Å². The molecule has 2 unspecified atom stereocenters. The van der Waals surface area contributed by atoms with Crippen molar-refractivity contribution in [3.63, 3.8) is 0 Å². The summed E-state index contributed by atoms with van der Waals surface area (Å²) in [6.45, 7) is 1.93. The molecule has 1 heterocycles. The van der Waals surface area contributed by atoms with Crippen LogP contribution in [0.5, 0.6) is 5.75 Å². The normalized spacial score (nSPS) is 16.9. The van der Waals surface area contributed by atoms with Gasteiger partial charge >= 0.3 is 0 Å². The minimum absolute atomic E-state index is 0.126. The second kappa shape index (κ2) is 5.10. The van der Waals surface area contributed by atoms with E-state index in [4.69, 9.17) is 14.9 Å². The smallest absolute Gasteiger partial charge is 0.171 e. The zero-order valence-electron chi connectivity index (χ0n) is 11.1. The van der Waals surface area contributed by atoms with E-state index < -0.39 is 0 Å². The summed E-state index contributed by atoms with van der Waals surface area (Å²) in [6.07, 6.45) is 4.99. The van der Waals surface area contributed by atoms with E-state index in [1.807, 2.05) is 25.1 Å². The first kappa shape index (κ1) is 12.3. The first-order valence-electron chi connectivity index (χ1n) is 6.81. The van der Waals surface area contributed by atoms with Crippen LogP contribution in [0, 0.1) is 0 Å². The summed E-state index contributed by atoms with van der Waals surface area (Å²) in [5.74, 6) is 1.65. The first-order chi connectivity index (χ1) is 9.24. The summed E-state index contributed by atoms with van der Waals surface area (Å²) in [7, 11) is 0. The monoisotopic (exact) mass is 257 g/mol. The summed E-state index contributed by atoms with van der Waals surface area (Å²) in [5.41, 5.74) is 8.85. The van der Waals surface area contributed by atoms with Gasteiger partial charge in [0.1, 0.15) is 11.5 Å². The van der Waals surface area contributed by atoms with Crippen LogP contribution >= 0.6 is 0 Å². The second-order valence-corrected chi connectivity index (χ2v) is 5.20. The lowest BCUT2D eigenvalue weighted by molar-refractivity contribution is 0.153. The molecule has 1 aromatic carbocycles. The molecule has 2 atom stereocenters. The number of aryl methyl sites for hydroxylation is 2. The average Bonchev–Trinajstić information content (AvgIpc) is 3.06. The fourth-order valence-electron chi connectivity index (χ4n) is 2.65. The average molecular weight is 257 g/mol. The largest absolute Gasteiger partial charge is 0.481 e. The molecular formula is C16H19NO2. The van der Waals surface area contributed by atoms with Gasteiger partial charge in [-0.1, -0.05) is 6.07 Å². The maximum Gasteiger partial charge on any atom is 0.171 e. The molecule has 0 saturated carbocycles. The zero-order chi connectivity index (χ0) is 13.2. The highest BCUT2D eigenvalue weighted by atomic mass is 16.5. The molecule has 2 N–H and O–H groups in total. The van der Waals surface area contributed by atoms with Gasteiger partial charge in [-0.2, -0.15) is 0 Å². The summed E-state index contributed by atoms with van der Waals surface area (Å²) in [5, 5.41) is 0. The molecule has 1 aliphatic carbocycles. The number of nitrogens with two attached hydrogens (primary N) is 1. The molecule has 100 valence electrons. The molecule has 0 fully saturated rings. The van der Waals surface area contributed by atoms with Crippen LogP contribution < -0.4 is 10.5 Å². The summed E-state index contributed by atoms with van der Waals surface area (Å²) in [6, 6.07) is 9.97. The second-order valence-electron chi connectivity index (χ2n) is 5.20. The number of benzene rings is 1. The first-order valence-corrected chi connectivity index (χ1v) is 6.81. The summed E-state index contributed by atoms with van der Waals surface area (Å²) in [4.78, 5) is 0. The lowest BCUT2D eigenvalue weighted by atomic mass is 10.1. The van der Waals surface area contributed by atoms with E-state index in [0.717, 1.165) is 17.9 Å². The van der Waals surface area contributed by atoms with Crippen molar-refractivity contribution < 1.29 is 9.15 Å². The van der Waals surface area contributed by atoms with Crippen LogP contribution in [0.25, 0.3) is 0 Å². The molecule has 3 heteroatoms. The standard InChI is InChI=1S/C16H19NO2/c1-11(17)16(15-6-3-9-18-15)19-14-8-7-12-4-2-5-13(12)10-14/h3,6-11,16H,2,4-5,17H2,1H3. The van der Waals surface area contributed by atoms with Crippen LogP contribution in [0.3, 0.4) is 0 Å². The Balaban J connectivity index is 1.82. The maximum atomic E-state index is 6.03. The molecule has 3 rings (SSSR count). The van der Waals surface area contributed by atoms with E-state index in [1.165, 1.54) is 24.0 Å². The molecule has 1 aliphatic rings. The lowest BCUT2D eigenvalue weighted by Crippen LogP contribution is -2.28. The number of fused-ring (bicyclic) bond motifs is 1. The van der Waals surface area contributed by atoms with Gasteiger partial charge in [0, 0.05) is 6.04 Å². The zero-order valence-corrected chi connectivity index (χ0v) is 11.1. The predicted octanol–water partition coefficient (Wildman–Crippen LogP) is 3.24. The molecular weight excluding hydrogens is 238 g/mol. The Morgan fingerprint density at radius 3 is 2.79 bits per heavy atom. The third-order valence-electron chi connectivity index (χ3n) is 3.63. The van der Waals surface area contributed by atoms with E-state index in [-0.39, 0.29) is 12.1 Å². The molecule has 19 heavy (non-hydrogen) atoms. The van der Waals surface area contributed by atoms with Crippen LogP contribution in [0.4, 0.5) is 0 Å². The maximum absolute atomic E-state index is 6.03. The predicted molar refractivity (Wildman–Crippen MR) is 74.2 cm³/mol. The molecule has 0 radical (unpaired) electrons. The number of ether oxygens (including phenoxy) is 1. The molecule has 0 aliphatic heterocycles. The molecule has 0 saturated heterocycles. The molecule has 0 amide bonds.